The van der Waals surface area contributed by atoms with Gasteiger partial charge in [-0.05, 0) is 6.08 Å². The molecular formula is C11H12O6. The zero-order chi connectivity index (χ0) is 12.4. The number of ether oxygens (including phenoxy) is 2. The zero-order valence-corrected chi connectivity index (χ0v) is 9.07. The standard InChI is InChI=1S/C11H12O6/c1-16-10(14)11(15)3-2-4-6(11)5-7(12)9(13)17-8(4)5/h2-8,12,15H,1H3/t4-,5+,6+,7+,8+,11-/m0/s1. The average Bonchev–Trinajstić information content (AvgIpc) is 2.70. The molecule has 6 heteroatoms. The Kier molecular flexibility index (Phi) is 1.95. The van der Waals surface area contributed by atoms with Crippen LogP contribution >= 0.6 is 0 Å². The quantitative estimate of drug-likeness (QED) is 0.433. The third kappa shape index (κ3) is 1.07. The van der Waals surface area contributed by atoms with Crippen LogP contribution in [0.25, 0.3) is 0 Å². The Balaban J connectivity index is 1.93. The van der Waals surface area contributed by atoms with E-state index in [2.05, 4.69) is 4.74 Å². The van der Waals surface area contributed by atoms with Gasteiger partial charge in [0.15, 0.2) is 11.7 Å². The summed E-state index contributed by atoms with van der Waals surface area (Å²) in [5.41, 5.74) is -1.75. The number of aliphatic hydroxyl groups excluding tert-OH is 1. The Bertz CT molecular complexity index is 430. The highest BCUT2D eigenvalue weighted by Crippen LogP contribution is 2.57. The number of hydrogen-bond donors (Lipinski definition) is 2. The largest absolute Gasteiger partial charge is 0.467 e. The van der Waals surface area contributed by atoms with E-state index >= 15 is 0 Å². The molecule has 1 saturated carbocycles. The van der Waals surface area contributed by atoms with Crippen molar-refractivity contribution in [3.63, 3.8) is 0 Å². The number of aliphatic hydroxyl groups is 2. The lowest BCUT2D eigenvalue weighted by Crippen LogP contribution is -2.60. The van der Waals surface area contributed by atoms with E-state index in [0.29, 0.717) is 0 Å². The van der Waals surface area contributed by atoms with Crippen molar-refractivity contribution in [2.24, 2.45) is 17.8 Å². The van der Waals surface area contributed by atoms with Crippen LogP contribution in [0.3, 0.4) is 0 Å². The van der Waals surface area contributed by atoms with E-state index in [0.717, 1.165) is 0 Å². The molecule has 2 fully saturated rings. The molecule has 0 aromatic carbocycles. The lowest BCUT2D eigenvalue weighted by molar-refractivity contribution is -0.182. The van der Waals surface area contributed by atoms with Gasteiger partial charge < -0.3 is 19.7 Å². The summed E-state index contributed by atoms with van der Waals surface area (Å²) in [6, 6.07) is 0. The van der Waals surface area contributed by atoms with Crippen molar-refractivity contribution in [2.75, 3.05) is 7.11 Å². The number of rotatable bonds is 1. The molecule has 6 atom stereocenters. The third-order valence-corrected chi connectivity index (χ3v) is 4.04. The summed E-state index contributed by atoms with van der Waals surface area (Å²) in [7, 11) is 1.18. The van der Waals surface area contributed by atoms with Gasteiger partial charge >= 0.3 is 11.9 Å². The molecule has 1 aliphatic heterocycles. The van der Waals surface area contributed by atoms with Gasteiger partial charge in [0.1, 0.15) is 6.10 Å². The summed E-state index contributed by atoms with van der Waals surface area (Å²) in [6.45, 7) is 0. The van der Waals surface area contributed by atoms with Gasteiger partial charge in [0.05, 0.1) is 7.11 Å². The Morgan fingerprint density at radius 2 is 2.29 bits per heavy atom. The highest BCUT2D eigenvalue weighted by Gasteiger charge is 2.70. The van der Waals surface area contributed by atoms with E-state index in [1.165, 1.54) is 13.2 Å². The van der Waals surface area contributed by atoms with E-state index in [4.69, 9.17) is 4.74 Å². The van der Waals surface area contributed by atoms with Gasteiger partial charge in [0.25, 0.3) is 0 Å². The van der Waals surface area contributed by atoms with Crippen LogP contribution in [-0.2, 0) is 19.1 Å². The maximum Gasteiger partial charge on any atom is 0.342 e. The van der Waals surface area contributed by atoms with Crippen molar-refractivity contribution in [3.8, 4) is 0 Å². The molecule has 17 heavy (non-hydrogen) atoms. The van der Waals surface area contributed by atoms with Crippen LogP contribution in [0, 0.1) is 17.8 Å². The van der Waals surface area contributed by atoms with E-state index in [1.54, 1.807) is 6.08 Å². The molecule has 0 aromatic rings. The molecule has 1 heterocycles. The van der Waals surface area contributed by atoms with Gasteiger partial charge in [-0.25, -0.2) is 9.59 Å². The molecule has 6 nitrogen and oxygen atoms in total. The third-order valence-electron chi connectivity index (χ3n) is 4.04. The molecule has 1 saturated heterocycles. The van der Waals surface area contributed by atoms with Crippen molar-refractivity contribution >= 4 is 11.9 Å². The van der Waals surface area contributed by atoms with Crippen LogP contribution in [0.5, 0.6) is 0 Å². The minimum Gasteiger partial charge on any atom is -0.467 e. The predicted molar refractivity (Wildman–Crippen MR) is 52.5 cm³/mol. The van der Waals surface area contributed by atoms with Crippen molar-refractivity contribution in [1.82, 2.24) is 0 Å². The molecule has 3 rings (SSSR count). The lowest BCUT2D eigenvalue weighted by Gasteiger charge is -2.47. The Hall–Kier alpha value is -1.40. The summed E-state index contributed by atoms with van der Waals surface area (Å²) in [4.78, 5) is 22.8. The molecule has 0 unspecified atom stereocenters. The smallest absolute Gasteiger partial charge is 0.342 e. The first-order valence-electron chi connectivity index (χ1n) is 5.39. The number of hydrogen-bond acceptors (Lipinski definition) is 6. The maximum absolute atomic E-state index is 11.6. The Morgan fingerprint density at radius 1 is 1.59 bits per heavy atom. The van der Waals surface area contributed by atoms with Gasteiger partial charge in [-0.2, -0.15) is 0 Å². The number of esters is 2. The van der Waals surface area contributed by atoms with Crippen molar-refractivity contribution in [1.29, 1.82) is 0 Å². The first-order valence-corrected chi connectivity index (χ1v) is 5.39. The van der Waals surface area contributed by atoms with Crippen LogP contribution < -0.4 is 0 Å². The number of carbonyl (C=O) groups is 2. The molecule has 0 radical (unpaired) electrons. The van der Waals surface area contributed by atoms with Gasteiger partial charge in [-0.1, -0.05) is 6.08 Å². The fourth-order valence-corrected chi connectivity index (χ4v) is 3.22. The summed E-state index contributed by atoms with van der Waals surface area (Å²) in [5, 5.41) is 19.9. The van der Waals surface area contributed by atoms with Gasteiger partial charge in [-0.15, -0.1) is 0 Å². The topological polar surface area (TPSA) is 93.1 Å². The second-order valence-corrected chi connectivity index (χ2v) is 4.70. The van der Waals surface area contributed by atoms with E-state index in [9.17, 15) is 19.8 Å². The number of fused-ring (bicyclic) bond motifs is 4. The average molecular weight is 240 g/mol. The summed E-state index contributed by atoms with van der Waals surface area (Å²) in [6.07, 6.45) is 1.32. The van der Waals surface area contributed by atoms with Crippen LogP contribution in [0.2, 0.25) is 0 Å². The Morgan fingerprint density at radius 3 is 2.94 bits per heavy atom. The minimum atomic E-state index is -1.75. The van der Waals surface area contributed by atoms with Gasteiger partial charge in [0.2, 0.25) is 0 Å². The number of carbonyl (C=O) groups excluding carboxylic acids is 2. The van der Waals surface area contributed by atoms with Crippen LogP contribution in [0.15, 0.2) is 12.2 Å². The first-order chi connectivity index (χ1) is 8.00. The highest BCUT2D eigenvalue weighted by atomic mass is 16.6. The normalized spacial score (nSPS) is 50.3. The minimum absolute atomic E-state index is 0.217. The molecule has 2 N–H and O–H groups in total. The highest BCUT2D eigenvalue weighted by molar-refractivity contribution is 5.85. The van der Waals surface area contributed by atoms with Gasteiger partial charge in [0, 0.05) is 17.8 Å². The predicted octanol–water partition coefficient (Wildman–Crippen LogP) is -1.39. The number of methoxy groups -OCH3 is 1. The Labute approximate surface area is 96.8 Å². The van der Waals surface area contributed by atoms with Crippen molar-refractivity contribution < 1.29 is 29.3 Å². The van der Waals surface area contributed by atoms with E-state index in [1.807, 2.05) is 0 Å². The summed E-state index contributed by atoms with van der Waals surface area (Å²) in [5.74, 6) is -2.75. The molecular weight excluding hydrogens is 228 g/mol. The summed E-state index contributed by atoms with van der Waals surface area (Å²) < 4.78 is 9.54. The second-order valence-electron chi connectivity index (χ2n) is 4.70. The molecule has 2 aliphatic carbocycles. The van der Waals surface area contributed by atoms with Crippen LogP contribution in [-0.4, -0.2) is 47.1 Å². The van der Waals surface area contributed by atoms with Crippen LogP contribution in [0.1, 0.15) is 0 Å². The second kappa shape index (κ2) is 3.08. The van der Waals surface area contributed by atoms with Gasteiger partial charge in [-0.3, -0.25) is 0 Å². The molecule has 92 valence electrons. The first kappa shape index (κ1) is 10.7. The zero-order valence-electron chi connectivity index (χ0n) is 9.07. The lowest BCUT2D eigenvalue weighted by atomic mass is 9.58. The van der Waals surface area contributed by atoms with Crippen molar-refractivity contribution in [3.05, 3.63) is 12.2 Å². The fraction of sp³-hybridized carbons (Fsp3) is 0.636. The van der Waals surface area contributed by atoms with Crippen LogP contribution in [0.4, 0.5) is 0 Å². The molecule has 0 spiro atoms. The van der Waals surface area contributed by atoms with E-state index in [-0.39, 0.29) is 5.92 Å². The van der Waals surface area contributed by atoms with E-state index < -0.39 is 41.6 Å². The monoisotopic (exact) mass is 240 g/mol. The molecule has 0 amide bonds. The molecule has 0 bridgehead atoms. The molecule has 0 aromatic heterocycles. The summed E-state index contributed by atoms with van der Waals surface area (Å²) >= 11 is 0. The SMILES string of the molecule is COC(=O)[C@]1(O)C=C[C@@H]2[C@H]3OC(=O)[C@H](O)[C@H]3[C@@H]21. The molecule has 3 aliphatic rings. The van der Waals surface area contributed by atoms with Crippen molar-refractivity contribution in [2.45, 2.75) is 17.8 Å². The maximum atomic E-state index is 11.6. The fourth-order valence-electron chi connectivity index (χ4n) is 3.22.